The Labute approximate surface area is 85.9 Å². The maximum Gasteiger partial charge on any atom is 0.523 e. The molecular formula is C3H3F5O6S2. The van der Waals surface area contributed by atoms with Crippen LogP contribution in [0.5, 0.6) is 0 Å². The Morgan fingerprint density at radius 2 is 1.38 bits per heavy atom. The van der Waals surface area contributed by atoms with Crippen LogP contribution in [0.2, 0.25) is 0 Å². The van der Waals surface area contributed by atoms with Crippen molar-refractivity contribution < 1.29 is 47.5 Å². The molecule has 0 spiro atoms. The molecule has 0 aliphatic heterocycles. The minimum Gasteiger partial charge on any atom is -0.281 e. The first kappa shape index (κ1) is 15.5. The number of hydrogen-bond acceptors (Lipinski definition) is 5. The molecule has 6 nitrogen and oxygen atoms in total. The van der Waals surface area contributed by atoms with Crippen molar-refractivity contribution in [1.29, 1.82) is 0 Å². The predicted octanol–water partition coefficient (Wildman–Crippen LogP) is 0.333. The van der Waals surface area contributed by atoms with Gasteiger partial charge in [0.1, 0.15) is 6.61 Å². The van der Waals surface area contributed by atoms with E-state index in [9.17, 15) is 38.8 Å². The van der Waals surface area contributed by atoms with Gasteiger partial charge in [0, 0.05) is 0 Å². The Balaban J connectivity index is 4.87. The van der Waals surface area contributed by atoms with Crippen LogP contribution in [0, 0.1) is 0 Å². The van der Waals surface area contributed by atoms with E-state index in [1.165, 1.54) is 0 Å². The normalized spacial score (nSPS) is 15.1. The average molecular weight is 294 g/mol. The molecule has 0 saturated heterocycles. The van der Waals surface area contributed by atoms with Gasteiger partial charge in [-0.2, -0.15) is 38.8 Å². The molecule has 0 unspecified atom stereocenters. The SMILES string of the molecule is O=S(=O)(O)C(F)(F)COS(=O)(=O)C(F)(F)F. The van der Waals surface area contributed by atoms with E-state index in [2.05, 4.69) is 4.18 Å². The van der Waals surface area contributed by atoms with Gasteiger partial charge in [-0.1, -0.05) is 0 Å². The molecular weight excluding hydrogens is 291 g/mol. The number of alkyl halides is 5. The Bertz CT molecular complexity index is 445. The largest absolute Gasteiger partial charge is 0.523 e. The summed E-state index contributed by atoms with van der Waals surface area (Å²) in [6, 6.07) is 0. The van der Waals surface area contributed by atoms with Gasteiger partial charge < -0.3 is 0 Å². The van der Waals surface area contributed by atoms with Gasteiger partial charge in [0.05, 0.1) is 0 Å². The van der Waals surface area contributed by atoms with E-state index < -0.39 is 37.6 Å². The summed E-state index contributed by atoms with van der Waals surface area (Å²) < 4.78 is 110. The summed E-state index contributed by atoms with van der Waals surface area (Å²) in [5.41, 5.74) is -5.97. The van der Waals surface area contributed by atoms with Crippen LogP contribution >= 0.6 is 0 Å². The van der Waals surface area contributed by atoms with Gasteiger partial charge in [0.2, 0.25) is 0 Å². The zero-order valence-corrected chi connectivity index (χ0v) is 8.53. The standard InChI is InChI=1S/C3H3F5O6S2/c4-2(5,15(9,10)11)1-14-16(12,13)3(6,7)8/h1H2,(H,9,10,11). The van der Waals surface area contributed by atoms with Crippen molar-refractivity contribution in [2.75, 3.05) is 6.61 Å². The van der Waals surface area contributed by atoms with Crippen LogP contribution in [0.3, 0.4) is 0 Å². The first-order chi connectivity index (χ1) is 6.71. The van der Waals surface area contributed by atoms with Crippen LogP contribution in [0.1, 0.15) is 0 Å². The average Bonchev–Trinajstić information content (AvgIpc) is 1.97. The number of halogens is 5. The Kier molecular flexibility index (Phi) is 3.91. The van der Waals surface area contributed by atoms with Crippen LogP contribution in [-0.4, -0.2) is 38.8 Å². The van der Waals surface area contributed by atoms with Gasteiger partial charge in [-0.3, -0.25) is 8.74 Å². The van der Waals surface area contributed by atoms with E-state index in [4.69, 9.17) is 4.55 Å². The lowest BCUT2D eigenvalue weighted by Crippen LogP contribution is -2.37. The summed E-state index contributed by atoms with van der Waals surface area (Å²) in [4.78, 5) is 0. The van der Waals surface area contributed by atoms with Crippen molar-refractivity contribution in [3.05, 3.63) is 0 Å². The molecule has 0 amide bonds. The molecule has 0 atom stereocenters. The second-order valence-electron chi connectivity index (χ2n) is 2.27. The summed E-state index contributed by atoms with van der Waals surface area (Å²) >= 11 is 0. The molecule has 16 heavy (non-hydrogen) atoms. The van der Waals surface area contributed by atoms with Crippen molar-refractivity contribution in [2.24, 2.45) is 0 Å². The quantitative estimate of drug-likeness (QED) is 0.347. The Morgan fingerprint density at radius 3 is 1.62 bits per heavy atom. The van der Waals surface area contributed by atoms with Gasteiger partial charge in [0.15, 0.2) is 0 Å². The second-order valence-corrected chi connectivity index (χ2v) is 5.43. The predicted molar refractivity (Wildman–Crippen MR) is 37.4 cm³/mol. The summed E-state index contributed by atoms with van der Waals surface area (Å²) in [5.74, 6) is 0. The van der Waals surface area contributed by atoms with Crippen molar-refractivity contribution in [1.82, 2.24) is 0 Å². The van der Waals surface area contributed by atoms with E-state index in [0.29, 0.717) is 0 Å². The first-order valence-electron chi connectivity index (χ1n) is 3.01. The van der Waals surface area contributed by atoms with Crippen molar-refractivity contribution in [3.63, 3.8) is 0 Å². The number of hydrogen-bond donors (Lipinski definition) is 1. The van der Waals surface area contributed by atoms with Crippen LogP contribution in [-0.2, 0) is 24.4 Å². The molecule has 0 aromatic rings. The Hall–Kier alpha value is -0.530. The molecule has 0 aromatic heterocycles. The summed E-state index contributed by atoms with van der Waals surface area (Å²) in [6.45, 7) is -2.67. The summed E-state index contributed by atoms with van der Waals surface area (Å²) in [6.07, 6.45) is 0. The third kappa shape index (κ3) is 3.50. The molecule has 0 rings (SSSR count). The lowest BCUT2D eigenvalue weighted by molar-refractivity contribution is -0.0599. The molecule has 0 bridgehead atoms. The minimum absolute atomic E-state index is 2.67. The highest BCUT2D eigenvalue weighted by Crippen LogP contribution is 2.28. The monoisotopic (exact) mass is 294 g/mol. The van der Waals surface area contributed by atoms with Gasteiger partial charge in [0.25, 0.3) is 0 Å². The van der Waals surface area contributed by atoms with Crippen LogP contribution in [0.15, 0.2) is 0 Å². The highest BCUT2D eigenvalue weighted by atomic mass is 32.2. The maximum absolute atomic E-state index is 12.3. The highest BCUT2D eigenvalue weighted by Gasteiger charge is 2.52. The summed E-state index contributed by atoms with van der Waals surface area (Å²) in [5, 5.41) is -5.16. The van der Waals surface area contributed by atoms with E-state index in [1.54, 1.807) is 0 Å². The van der Waals surface area contributed by atoms with Crippen LogP contribution < -0.4 is 0 Å². The third-order valence-electron chi connectivity index (χ3n) is 1.04. The second kappa shape index (κ2) is 4.05. The van der Waals surface area contributed by atoms with Gasteiger partial charge in [-0.05, 0) is 0 Å². The van der Waals surface area contributed by atoms with E-state index in [1.807, 2.05) is 0 Å². The van der Waals surface area contributed by atoms with E-state index >= 15 is 0 Å². The van der Waals surface area contributed by atoms with Crippen molar-refractivity contribution in [3.8, 4) is 0 Å². The zero-order chi connectivity index (χ0) is 13.4. The van der Waals surface area contributed by atoms with Crippen LogP contribution in [0.25, 0.3) is 0 Å². The van der Waals surface area contributed by atoms with Crippen molar-refractivity contribution >= 4 is 20.2 Å². The fraction of sp³-hybridized carbons (Fsp3) is 1.00. The smallest absolute Gasteiger partial charge is 0.281 e. The molecule has 0 aromatic carbocycles. The van der Waals surface area contributed by atoms with E-state index in [-0.39, 0.29) is 0 Å². The third-order valence-corrected chi connectivity index (χ3v) is 2.91. The van der Waals surface area contributed by atoms with E-state index in [0.717, 1.165) is 0 Å². The molecule has 0 heterocycles. The van der Waals surface area contributed by atoms with Crippen molar-refractivity contribution in [2.45, 2.75) is 10.8 Å². The minimum atomic E-state index is -6.35. The molecule has 0 fully saturated rings. The molecule has 0 aliphatic rings. The first-order valence-corrected chi connectivity index (χ1v) is 5.86. The summed E-state index contributed by atoms with van der Waals surface area (Å²) in [7, 11) is -12.4. The molecule has 13 heteroatoms. The molecule has 98 valence electrons. The molecule has 0 radical (unpaired) electrons. The highest BCUT2D eigenvalue weighted by molar-refractivity contribution is 7.88. The Morgan fingerprint density at radius 1 is 1.00 bits per heavy atom. The molecule has 0 saturated carbocycles. The van der Waals surface area contributed by atoms with Gasteiger partial charge in [-0.25, -0.2) is 0 Å². The maximum atomic E-state index is 12.3. The number of rotatable bonds is 4. The lowest BCUT2D eigenvalue weighted by Gasteiger charge is -2.13. The molecule has 1 N–H and O–H groups in total. The topological polar surface area (TPSA) is 97.7 Å². The zero-order valence-electron chi connectivity index (χ0n) is 6.90. The van der Waals surface area contributed by atoms with Crippen LogP contribution in [0.4, 0.5) is 22.0 Å². The molecule has 0 aliphatic carbocycles. The fourth-order valence-corrected chi connectivity index (χ4v) is 1.01. The fourth-order valence-electron chi connectivity index (χ4n) is 0.287. The van der Waals surface area contributed by atoms with Gasteiger partial charge in [-0.15, -0.1) is 0 Å². The van der Waals surface area contributed by atoms with Gasteiger partial charge >= 0.3 is 31.0 Å². The lowest BCUT2D eigenvalue weighted by atomic mass is 10.8.